The van der Waals surface area contributed by atoms with Gasteiger partial charge >= 0.3 is 0 Å². The Bertz CT molecular complexity index is 2080. The Labute approximate surface area is 270 Å². The smallest absolute Gasteiger partial charge is 0.227 e. The number of pyridine rings is 3. The van der Waals surface area contributed by atoms with E-state index in [1.807, 2.05) is 24.3 Å². The molecule has 1 aliphatic carbocycles. The van der Waals surface area contributed by atoms with Crippen molar-refractivity contribution in [2.24, 2.45) is 5.92 Å². The van der Waals surface area contributed by atoms with Crippen LogP contribution in [0.25, 0.3) is 56.1 Å². The number of carbonyl (C=O) groups is 1. The molecule has 47 heavy (non-hydrogen) atoms. The van der Waals surface area contributed by atoms with Crippen LogP contribution in [0.4, 0.5) is 10.1 Å². The molecule has 12 heteroatoms. The maximum absolute atomic E-state index is 14.8. The van der Waals surface area contributed by atoms with Crippen LogP contribution < -0.4 is 10.1 Å². The summed E-state index contributed by atoms with van der Waals surface area (Å²) in [5.74, 6) is 0.655. The average Bonchev–Trinajstić information content (AvgIpc) is 3.91. The summed E-state index contributed by atoms with van der Waals surface area (Å²) in [6.45, 7) is 3.47. The lowest BCUT2D eigenvalue weighted by atomic mass is 10.1. The van der Waals surface area contributed by atoms with Gasteiger partial charge in [-0.1, -0.05) is 12.8 Å². The predicted molar refractivity (Wildman–Crippen MR) is 177 cm³/mol. The van der Waals surface area contributed by atoms with Crippen molar-refractivity contribution in [1.29, 1.82) is 0 Å². The van der Waals surface area contributed by atoms with Gasteiger partial charge in [-0.05, 0) is 75.2 Å². The number of aromatic nitrogens is 7. The van der Waals surface area contributed by atoms with Gasteiger partial charge in [-0.3, -0.25) is 24.8 Å². The van der Waals surface area contributed by atoms with Crippen molar-refractivity contribution in [1.82, 2.24) is 40.0 Å². The predicted octanol–water partition coefficient (Wildman–Crippen LogP) is 6.37. The van der Waals surface area contributed by atoms with Crippen molar-refractivity contribution in [2.75, 3.05) is 31.6 Å². The molecule has 0 radical (unpaired) electrons. The molecule has 11 nitrogen and oxygen atoms in total. The Morgan fingerprint density at radius 3 is 2.66 bits per heavy atom. The molecule has 3 N–H and O–H groups in total. The number of ether oxygens (including phenoxy) is 1. The molecule has 1 amide bonds. The van der Waals surface area contributed by atoms with Crippen molar-refractivity contribution in [3.63, 3.8) is 0 Å². The fourth-order valence-corrected chi connectivity index (χ4v) is 6.65. The summed E-state index contributed by atoms with van der Waals surface area (Å²) in [6, 6.07) is 12.2. The van der Waals surface area contributed by atoms with Gasteiger partial charge in [0.25, 0.3) is 0 Å². The zero-order valence-electron chi connectivity index (χ0n) is 25.8. The monoisotopic (exact) mass is 631 g/mol. The Morgan fingerprint density at radius 2 is 1.79 bits per heavy atom. The van der Waals surface area contributed by atoms with Crippen LogP contribution in [-0.2, 0) is 4.79 Å². The summed E-state index contributed by atoms with van der Waals surface area (Å²) < 4.78 is 20.7. The maximum atomic E-state index is 14.8. The number of carbonyl (C=O) groups excluding carboxylic acids is 1. The first-order valence-electron chi connectivity index (χ1n) is 16.2. The maximum Gasteiger partial charge on any atom is 0.227 e. The van der Waals surface area contributed by atoms with Crippen LogP contribution in [-0.4, -0.2) is 72.2 Å². The van der Waals surface area contributed by atoms with Crippen molar-refractivity contribution < 1.29 is 13.9 Å². The highest BCUT2D eigenvalue weighted by Gasteiger charge is 2.23. The third-order valence-electron chi connectivity index (χ3n) is 9.08. The number of imidazole rings is 1. The third kappa shape index (κ3) is 6.03. The Balaban J connectivity index is 1.08. The third-order valence-corrected chi connectivity index (χ3v) is 9.08. The highest BCUT2D eigenvalue weighted by molar-refractivity contribution is 5.96. The number of rotatable bonds is 9. The topological polar surface area (TPSA) is 138 Å². The summed E-state index contributed by atoms with van der Waals surface area (Å²) in [5.41, 5.74) is 6.40. The molecule has 0 spiro atoms. The van der Waals surface area contributed by atoms with Gasteiger partial charge < -0.3 is 15.0 Å². The van der Waals surface area contributed by atoms with E-state index in [4.69, 9.17) is 14.7 Å². The van der Waals surface area contributed by atoms with Crippen molar-refractivity contribution in [3.05, 3.63) is 66.9 Å². The number of fused-ring (bicyclic) bond motifs is 2. The van der Waals surface area contributed by atoms with Crippen LogP contribution in [0.15, 0.2) is 61.1 Å². The van der Waals surface area contributed by atoms with Gasteiger partial charge in [0.15, 0.2) is 11.5 Å². The van der Waals surface area contributed by atoms with Gasteiger partial charge in [-0.25, -0.2) is 14.4 Å². The first-order chi connectivity index (χ1) is 23.1. The number of nitrogens with one attached hydrogen (secondary N) is 3. The van der Waals surface area contributed by atoms with E-state index in [1.165, 1.54) is 25.0 Å². The number of anilines is 1. The first-order valence-corrected chi connectivity index (χ1v) is 16.2. The second-order valence-electron chi connectivity index (χ2n) is 12.3. The van der Waals surface area contributed by atoms with Crippen LogP contribution in [0.3, 0.4) is 0 Å². The summed E-state index contributed by atoms with van der Waals surface area (Å²) in [4.78, 5) is 37.1. The van der Waals surface area contributed by atoms with Gasteiger partial charge in [0.2, 0.25) is 5.91 Å². The number of H-pyrrole nitrogens is 2. The molecular weight excluding hydrogens is 597 g/mol. The molecule has 2 aliphatic rings. The molecule has 2 fully saturated rings. The van der Waals surface area contributed by atoms with Crippen molar-refractivity contribution in [3.8, 4) is 39.8 Å². The second kappa shape index (κ2) is 12.5. The number of benzene rings is 1. The van der Waals surface area contributed by atoms with Crippen molar-refractivity contribution in [2.45, 2.75) is 38.5 Å². The second-order valence-corrected chi connectivity index (χ2v) is 12.3. The molecule has 5 aromatic heterocycles. The lowest BCUT2D eigenvalue weighted by molar-refractivity contribution is -0.119. The molecule has 238 valence electrons. The standard InChI is InChI=1S/C35H34FN9O2/c36-24-15-22(17-26(18-24)47-14-13-45-11-3-4-12-45)30-31-28(9-10-38-30)41-34(42-31)33-32-29(43-44-33)8-7-27(40-32)23-16-25(20-37-19-23)39-35(46)21-5-1-2-6-21/h7-10,15-21H,1-6,11-14H2,(H,39,46)(H,41,42)(H,43,44). The molecule has 1 saturated heterocycles. The van der Waals surface area contributed by atoms with E-state index < -0.39 is 5.82 Å². The molecular formula is C35H34FN9O2. The van der Waals surface area contributed by atoms with Gasteiger partial charge in [0, 0.05) is 42.0 Å². The van der Waals surface area contributed by atoms with Gasteiger partial charge in [-0.15, -0.1) is 0 Å². The fraction of sp³-hybridized carbons (Fsp3) is 0.314. The van der Waals surface area contributed by atoms with E-state index in [-0.39, 0.29) is 11.8 Å². The number of amides is 1. The van der Waals surface area contributed by atoms with Crippen LogP contribution in [0, 0.1) is 11.7 Å². The minimum absolute atomic E-state index is 0.0419. The van der Waals surface area contributed by atoms with Crippen LogP contribution in [0.5, 0.6) is 5.75 Å². The van der Waals surface area contributed by atoms with E-state index >= 15 is 0 Å². The molecule has 1 saturated carbocycles. The highest BCUT2D eigenvalue weighted by Crippen LogP contribution is 2.33. The molecule has 8 rings (SSSR count). The fourth-order valence-electron chi connectivity index (χ4n) is 6.65. The van der Waals surface area contributed by atoms with Gasteiger partial charge in [0.05, 0.1) is 34.3 Å². The van der Waals surface area contributed by atoms with Crippen LogP contribution in [0.2, 0.25) is 0 Å². The van der Waals surface area contributed by atoms with E-state index in [1.54, 1.807) is 24.7 Å². The average molecular weight is 632 g/mol. The van der Waals surface area contributed by atoms with E-state index in [2.05, 4.69) is 35.4 Å². The van der Waals surface area contributed by atoms with Gasteiger partial charge in [0.1, 0.15) is 29.2 Å². The summed E-state index contributed by atoms with van der Waals surface area (Å²) in [6.07, 6.45) is 11.5. The number of aromatic amines is 2. The number of halogens is 1. The molecule has 0 atom stereocenters. The lowest BCUT2D eigenvalue weighted by Gasteiger charge is -2.15. The summed E-state index contributed by atoms with van der Waals surface area (Å²) in [5, 5.41) is 10.6. The van der Waals surface area contributed by atoms with Crippen molar-refractivity contribution >= 4 is 33.7 Å². The summed E-state index contributed by atoms with van der Waals surface area (Å²) in [7, 11) is 0. The minimum Gasteiger partial charge on any atom is -0.492 e. The lowest BCUT2D eigenvalue weighted by Crippen LogP contribution is -2.25. The number of hydrogen-bond acceptors (Lipinski definition) is 8. The molecule has 0 bridgehead atoms. The number of likely N-dealkylation sites (tertiary alicyclic amines) is 1. The Kier molecular flexibility index (Phi) is 7.78. The Hall–Kier alpha value is -5.23. The van der Waals surface area contributed by atoms with E-state index in [0.29, 0.717) is 57.5 Å². The van der Waals surface area contributed by atoms with Crippen LogP contribution >= 0.6 is 0 Å². The first kappa shape index (κ1) is 29.2. The largest absolute Gasteiger partial charge is 0.492 e. The zero-order valence-corrected chi connectivity index (χ0v) is 25.8. The van der Waals surface area contributed by atoms with Crippen LogP contribution in [0.1, 0.15) is 38.5 Å². The zero-order chi connectivity index (χ0) is 31.7. The normalized spacial score (nSPS) is 15.6. The summed E-state index contributed by atoms with van der Waals surface area (Å²) >= 11 is 0. The van der Waals surface area contributed by atoms with E-state index in [9.17, 15) is 9.18 Å². The molecule has 6 heterocycles. The number of hydrogen-bond donors (Lipinski definition) is 3. The number of nitrogens with zero attached hydrogens (tertiary/aromatic N) is 6. The molecule has 1 aliphatic heterocycles. The quantitative estimate of drug-likeness (QED) is 0.167. The molecule has 1 aromatic carbocycles. The molecule has 0 unspecified atom stereocenters. The Morgan fingerprint density at radius 1 is 0.936 bits per heavy atom. The molecule has 6 aromatic rings. The van der Waals surface area contributed by atoms with Gasteiger partial charge in [-0.2, -0.15) is 5.10 Å². The van der Waals surface area contributed by atoms with E-state index in [0.717, 1.165) is 61.9 Å². The minimum atomic E-state index is -0.403. The highest BCUT2D eigenvalue weighted by atomic mass is 19.1. The SMILES string of the molecule is O=C(Nc1cncc(-c2ccc3[nH]nc(-c4nc5c(-c6cc(F)cc(OCCN7CCCC7)c6)nccc5[nH]4)c3n2)c1)C1CCCC1.